The van der Waals surface area contributed by atoms with Gasteiger partial charge in [0.25, 0.3) is 0 Å². The Morgan fingerprint density at radius 2 is 1.55 bits per heavy atom. The molecule has 0 fully saturated rings. The van der Waals surface area contributed by atoms with Crippen LogP contribution < -0.4 is 0 Å². The van der Waals surface area contributed by atoms with E-state index in [9.17, 15) is 19.8 Å². The maximum absolute atomic E-state index is 12.0. The molecule has 33 heavy (non-hydrogen) atoms. The first-order chi connectivity index (χ1) is 15.9. The fraction of sp³-hybridized carbons (Fsp3) is 0.536. The lowest BCUT2D eigenvalue weighted by Gasteiger charge is -2.31. The van der Waals surface area contributed by atoms with Gasteiger partial charge in [0.05, 0.1) is 11.3 Å². The molecule has 0 saturated carbocycles. The third-order valence-corrected chi connectivity index (χ3v) is 5.98. The normalized spacial score (nSPS) is 14.7. The van der Waals surface area contributed by atoms with E-state index in [1.165, 1.54) is 38.8 Å². The van der Waals surface area contributed by atoms with E-state index in [1.54, 1.807) is 18.3 Å². The highest BCUT2D eigenvalue weighted by molar-refractivity contribution is 5.87. The summed E-state index contributed by atoms with van der Waals surface area (Å²) in [6, 6.07) is 3.27. The van der Waals surface area contributed by atoms with Crippen molar-refractivity contribution in [1.29, 1.82) is 0 Å². The summed E-state index contributed by atoms with van der Waals surface area (Å²) in [7, 11) is 0. The van der Waals surface area contributed by atoms with Crippen molar-refractivity contribution in [1.82, 2.24) is 4.98 Å². The molecule has 1 aromatic rings. The number of unbranched alkanes of at least 4 members (excludes halogenated alkanes) is 6. The maximum atomic E-state index is 12.0. The molecule has 2 unspecified atom stereocenters. The van der Waals surface area contributed by atoms with E-state index in [2.05, 4.69) is 48.4 Å². The van der Waals surface area contributed by atoms with Crippen LogP contribution in [0, 0.1) is 5.41 Å². The quantitative estimate of drug-likeness (QED) is 0.179. The van der Waals surface area contributed by atoms with Gasteiger partial charge in [0, 0.05) is 12.4 Å². The van der Waals surface area contributed by atoms with Crippen molar-refractivity contribution in [2.75, 3.05) is 0 Å². The fourth-order valence-corrected chi connectivity index (χ4v) is 3.93. The average Bonchev–Trinajstić information content (AvgIpc) is 2.79. The van der Waals surface area contributed by atoms with Gasteiger partial charge in [0.2, 0.25) is 0 Å². The summed E-state index contributed by atoms with van der Waals surface area (Å²) in [4.78, 5) is 27.9. The molecule has 2 atom stereocenters. The van der Waals surface area contributed by atoms with E-state index in [0.29, 0.717) is 18.4 Å². The minimum absolute atomic E-state index is 0.312. The zero-order valence-electron chi connectivity index (χ0n) is 20.3. The number of pyridine rings is 1. The van der Waals surface area contributed by atoms with Crippen molar-refractivity contribution in [3.63, 3.8) is 0 Å². The van der Waals surface area contributed by atoms with Crippen molar-refractivity contribution in [3.8, 4) is 0 Å². The van der Waals surface area contributed by atoms with Crippen LogP contribution in [0.5, 0.6) is 0 Å². The molecule has 0 amide bonds. The number of carbonyl (C=O) groups is 2. The predicted molar refractivity (Wildman–Crippen MR) is 134 cm³/mol. The van der Waals surface area contributed by atoms with Crippen LogP contribution in [0.4, 0.5) is 0 Å². The van der Waals surface area contributed by atoms with Crippen molar-refractivity contribution in [2.24, 2.45) is 5.41 Å². The highest BCUT2D eigenvalue weighted by Gasteiger charge is 2.46. The van der Waals surface area contributed by atoms with Crippen molar-refractivity contribution in [3.05, 3.63) is 66.5 Å². The van der Waals surface area contributed by atoms with Crippen LogP contribution in [-0.2, 0) is 9.59 Å². The standard InChI is InChI=1S/C28H41NO4/c1-3-4-5-6-7-8-9-10-11-12-13-14-15-16-17-18-21-28(2,27(32)33)25(26(30)31)24-20-19-22-29-23-24/h7-8,10-11,13-14,19-20,22-23,25H,3-6,9,12,15-18,21H2,1-2H3,(H,30,31)(H,32,33). The molecule has 2 N–H and O–H groups in total. The highest BCUT2D eigenvalue weighted by atomic mass is 16.4. The number of rotatable bonds is 18. The van der Waals surface area contributed by atoms with Crippen LogP contribution in [0.3, 0.4) is 0 Å². The van der Waals surface area contributed by atoms with Gasteiger partial charge < -0.3 is 10.2 Å². The molecule has 0 aliphatic carbocycles. The third kappa shape index (κ3) is 11.1. The van der Waals surface area contributed by atoms with Gasteiger partial charge in [-0.3, -0.25) is 14.6 Å². The van der Waals surface area contributed by atoms with Gasteiger partial charge in [-0.05, 0) is 63.5 Å². The molecule has 0 aliphatic heterocycles. The number of hydrogen-bond acceptors (Lipinski definition) is 3. The minimum Gasteiger partial charge on any atom is -0.481 e. The van der Waals surface area contributed by atoms with Crippen LogP contribution in [0.1, 0.15) is 96.0 Å². The summed E-state index contributed by atoms with van der Waals surface area (Å²) in [5.74, 6) is -3.33. The van der Waals surface area contributed by atoms with E-state index in [-0.39, 0.29) is 0 Å². The second kappa shape index (κ2) is 16.9. The van der Waals surface area contributed by atoms with Crippen molar-refractivity contribution < 1.29 is 19.8 Å². The Balaban J connectivity index is 2.33. The average molecular weight is 456 g/mol. The lowest BCUT2D eigenvalue weighted by Crippen LogP contribution is -2.38. The molecule has 0 spiro atoms. The Morgan fingerprint density at radius 1 is 0.939 bits per heavy atom. The molecular weight excluding hydrogens is 414 g/mol. The summed E-state index contributed by atoms with van der Waals surface area (Å²) in [6.07, 6.45) is 26.9. The van der Waals surface area contributed by atoms with Gasteiger partial charge in [0.15, 0.2) is 0 Å². The van der Waals surface area contributed by atoms with E-state index in [0.717, 1.165) is 32.1 Å². The summed E-state index contributed by atoms with van der Waals surface area (Å²) in [6.45, 7) is 3.75. The Morgan fingerprint density at radius 3 is 2.06 bits per heavy atom. The molecule has 182 valence electrons. The molecule has 0 bridgehead atoms. The van der Waals surface area contributed by atoms with E-state index >= 15 is 0 Å². The SMILES string of the molecule is CCCCCC=CCC=CCC=CCCCCCC(C)(C(=O)O)C(C(=O)O)c1cccnc1. The number of allylic oxidation sites excluding steroid dienone is 6. The van der Waals surface area contributed by atoms with Crippen molar-refractivity contribution in [2.45, 2.75) is 90.4 Å². The van der Waals surface area contributed by atoms with E-state index in [1.807, 2.05) is 0 Å². The summed E-state index contributed by atoms with van der Waals surface area (Å²) < 4.78 is 0. The van der Waals surface area contributed by atoms with Crippen LogP contribution in [0.2, 0.25) is 0 Å². The molecule has 0 radical (unpaired) electrons. The third-order valence-electron chi connectivity index (χ3n) is 5.98. The number of nitrogens with zero attached hydrogens (tertiary/aromatic N) is 1. The van der Waals surface area contributed by atoms with Gasteiger partial charge >= 0.3 is 11.9 Å². The smallest absolute Gasteiger partial charge is 0.312 e. The molecule has 5 heteroatoms. The Labute approximate surface area is 199 Å². The fourth-order valence-electron chi connectivity index (χ4n) is 3.93. The number of carboxylic acids is 2. The van der Waals surface area contributed by atoms with Crippen LogP contribution >= 0.6 is 0 Å². The first kappa shape index (κ1) is 28.3. The second-order valence-corrected chi connectivity index (χ2v) is 8.76. The van der Waals surface area contributed by atoms with Gasteiger partial charge in [-0.1, -0.05) is 75.1 Å². The highest BCUT2D eigenvalue weighted by Crippen LogP contribution is 2.40. The first-order valence-electron chi connectivity index (χ1n) is 12.2. The molecule has 0 aromatic carbocycles. The summed E-state index contributed by atoms with van der Waals surface area (Å²) >= 11 is 0. The molecule has 5 nitrogen and oxygen atoms in total. The van der Waals surface area contributed by atoms with E-state index in [4.69, 9.17) is 0 Å². The molecule has 0 aliphatic rings. The molecule has 0 saturated heterocycles. The lowest BCUT2D eigenvalue weighted by molar-refractivity contribution is -0.157. The Bertz CT molecular complexity index is 769. The van der Waals surface area contributed by atoms with Crippen molar-refractivity contribution >= 4 is 11.9 Å². The largest absolute Gasteiger partial charge is 0.481 e. The molecule has 1 heterocycles. The van der Waals surface area contributed by atoms with Gasteiger partial charge in [-0.2, -0.15) is 0 Å². The number of aliphatic carboxylic acids is 2. The Kier molecular flexibility index (Phi) is 14.5. The summed E-state index contributed by atoms with van der Waals surface area (Å²) in [5.41, 5.74) is -0.946. The number of carboxylic acid groups (broad SMARTS) is 2. The van der Waals surface area contributed by atoms with Crippen LogP contribution in [-0.4, -0.2) is 27.1 Å². The van der Waals surface area contributed by atoms with Gasteiger partial charge in [0.1, 0.15) is 0 Å². The van der Waals surface area contributed by atoms with Crippen LogP contribution in [0.25, 0.3) is 0 Å². The van der Waals surface area contributed by atoms with Gasteiger partial charge in [-0.15, -0.1) is 0 Å². The first-order valence-corrected chi connectivity index (χ1v) is 12.2. The zero-order chi connectivity index (χ0) is 24.4. The predicted octanol–water partition coefficient (Wildman–Crippen LogP) is 7.32. The monoisotopic (exact) mass is 455 g/mol. The van der Waals surface area contributed by atoms with E-state index < -0.39 is 23.3 Å². The lowest BCUT2D eigenvalue weighted by atomic mass is 9.70. The number of aromatic nitrogens is 1. The molecular formula is C28H41NO4. The number of hydrogen-bond donors (Lipinski definition) is 2. The summed E-state index contributed by atoms with van der Waals surface area (Å²) in [5, 5.41) is 19.6. The Hall–Kier alpha value is -2.69. The van der Waals surface area contributed by atoms with Crippen LogP contribution in [0.15, 0.2) is 61.0 Å². The molecule has 1 aromatic heterocycles. The second-order valence-electron chi connectivity index (χ2n) is 8.76. The topological polar surface area (TPSA) is 87.5 Å². The zero-order valence-corrected chi connectivity index (χ0v) is 20.3. The molecule has 1 rings (SSSR count). The maximum Gasteiger partial charge on any atom is 0.312 e. The minimum atomic E-state index is -1.38. The van der Waals surface area contributed by atoms with Gasteiger partial charge in [-0.25, -0.2) is 0 Å².